The Bertz CT molecular complexity index is 4130. The molecule has 11 aromatic carbocycles. The van der Waals surface area contributed by atoms with Crippen LogP contribution in [0.4, 0.5) is 0 Å². The summed E-state index contributed by atoms with van der Waals surface area (Å²) in [5.41, 5.74) is 12.8. The first-order valence-electron chi connectivity index (χ1n) is 24.2. The lowest BCUT2D eigenvalue weighted by molar-refractivity contribution is 1.11. The maximum Gasteiger partial charge on any atom is 0.179 e. The molecule has 0 radical (unpaired) electrons. The van der Waals surface area contributed by atoms with Crippen LogP contribution in [0.5, 0.6) is 0 Å². The highest BCUT2D eigenvalue weighted by atomic mass is 28.3. The van der Waals surface area contributed by atoms with Crippen LogP contribution in [0.3, 0.4) is 0 Å². The van der Waals surface area contributed by atoms with Crippen molar-refractivity contribution in [1.82, 2.24) is 13.7 Å². The monoisotopic (exact) mass is 907 g/mol. The fourth-order valence-corrected chi connectivity index (χ4v) is 16.7. The first kappa shape index (κ1) is 40.1. The maximum absolute atomic E-state index is 2.89. The van der Waals surface area contributed by atoms with Crippen LogP contribution in [0.25, 0.3) is 93.6 Å². The molecule has 0 N–H and O–H groups in total. The van der Waals surface area contributed by atoms with Gasteiger partial charge < -0.3 is 13.7 Å². The van der Waals surface area contributed by atoms with Gasteiger partial charge in [0, 0.05) is 37.9 Å². The van der Waals surface area contributed by atoms with Gasteiger partial charge in [0.05, 0.1) is 50.2 Å². The van der Waals surface area contributed by atoms with Crippen LogP contribution >= 0.6 is 0 Å². The van der Waals surface area contributed by atoms with E-state index in [1.807, 2.05) is 0 Å². The second kappa shape index (κ2) is 16.1. The van der Waals surface area contributed by atoms with E-state index in [1.54, 1.807) is 0 Å². The maximum atomic E-state index is 2.59. The molecular weight excluding hydrogens is 863 g/mol. The van der Waals surface area contributed by atoms with Crippen molar-refractivity contribution in [1.29, 1.82) is 0 Å². The fraction of sp³-hybridized carbons (Fsp3) is 0. The van der Waals surface area contributed by atoms with Crippen molar-refractivity contribution in [2.45, 2.75) is 0 Å². The third kappa shape index (κ3) is 5.87. The Kier molecular flexibility index (Phi) is 9.23. The highest BCUT2D eigenvalue weighted by Gasteiger charge is 2.41. The van der Waals surface area contributed by atoms with E-state index < -0.39 is 8.07 Å². The SMILES string of the molecule is c1ccc(-c2ccccc2-n2c3ccccc3c3cccc(-n4c5ccc([Si](c6ccccc6)(c6ccccc6)c6ccccc6)cc5c5cccc(-n6c7ccccc7c7ccccc76)c54)c32)cc1. The number of nitrogens with zero attached hydrogens (tertiary/aromatic N) is 3. The van der Waals surface area contributed by atoms with Crippen molar-refractivity contribution in [2.75, 3.05) is 0 Å². The highest BCUT2D eigenvalue weighted by Crippen LogP contribution is 2.44. The minimum absolute atomic E-state index is 1.12. The lowest BCUT2D eigenvalue weighted by Gasteiger charge is -2.34. The van der Waals surface area contributed by atoms with Gasteiger partial charge in [-0.25, -0.2) is 0 Å². The molecule has 0 fully saturated rings. The Morgan fingerprint density at radius 3 is 1.16 bits per heavy atom. The van der Waals surface area contributed by atoms with E-state index in [-0.39, 0.29) is 0 Å². The van der Waals surface area contributed by atoms with E-state index in [1.165, 1.54) is 80.7 Å². The number of para-hydroxylation sites is 6. The number of rotatable bonds is 8. The quantitative estimate of drug-likeness (QED) is 0.107. The Morgan fingerprint density at radius 1 is 0.229 bits per heavy atom. The third-order valence-corrected chi connectivity index (χ3v) is 19.6. The molecule has 0 atom stereocenters. The van der Waals surface area contributed by atoms with Gasteiger partial charge in [0.2, 0.25) is 0 Å². The Morgan fingerprint density at radius 2 is 0.600 bits per heavy atom. The van der Waals surface area contributed by atoms with Gasteiger partial charge in [0.25, 0.3) is 0 Å². The molecule has 70 heavy (non-hydrogen) atoms. The Balaban J connectivity index is 1.16. The van der Waals surface area contributed by atoms with Crippen molar-refractivity contribution >= 4 is 94.2 Å². The molecule has 0 aliphatic rings. The highest BCUT2D eigenvalue weighted by molar-refractivity contribution is 7.20. The largest absolute Gasteiger partial charge is 0.307 e. The Labute approximate surface area is 407 Å². The van der Waals surface area contributed by atoms with Crippen LogP contribution in [0.15, 0.2) is 273 Å². The summed E-state index contributed by atoms with van der Waals surface area (Å²) in [5, 5.41) is 12.7. The molecule has 0 amide bonds. The summed E-state index contributed by atoms with van der Waals surface area (Å²) in [6.45, 7) is 0. The number of fused-ring (bicyclic) bond motifs is 9. The standard InChI is InChI=1S/C66H45N3Si/c1-5-23-46(24-6-1)51-31-13-17-37-58(51)68-61-40-20-16-34-54(61)55-35-21-42-64(65(55)68)69-62-44-43-50(70(47-25-7-2-8-26-47,48-27-9-3-10-28-48)49-29-11-4-12-30-49)45-57(62)56-36-22-41-63(66(56)69)67-59-38-18-14-32-52(59)53-33-15-19-39-60(53)67/h1-45H. The predicted molar refractivity (Wildman–Crippen MR) is 299 cm³/mol. The van der Waals surface area contributed by atoms with Gasteiger partial charge in [-0.1, -0.05) is 231 Å². The summed E-state index contributed by atoms with van der Waals surface area (Å²) in [4.78, 5) is 0. The van der Waals surface area contributed by atoms with E-state index in [0.29, 0.717) is 0 Å². The van der Waals surface area contributed by atoms with Crippen molar-refractivity contribution in [3.63, 3.8) is 0 Å². The lowest BCUT2D eigenvalue weighted by Crippen LogP contribution is -2.74. The average molecular weight is 908 g/mol. The van der Waals surface area contributed by atoms with Gasteiger partial charge in [0.1, 0.15) is 0 Å². The van der Waals surface area contributed by atoms with Crippen molar-refractivity contribution < 1.29 is 0 Å². The molecule has 3 aromatic heterocycles. The number of hydrogen-bond donors (Lipinski definition) is 0. The third-order valence-electron chi connectivity index (χ3n) is 14.8. The molecule has 14 rings (SSSR count). The molecule has 0 spiro atoms. The first-order valence-corrected chi connectivity index (χ1v) is 26.2. The number of hydrogen-bond acceptors (Lipinski definition) is 0. The minimum Gasteiger partial charge on any atom is -0.307 e. The van der Waals surface area contributed by atoms with Gasteiger partial charge >= 0.3 is 0 Å². The number of benzene rings is 11. The summed E-state index contributed by atoms with van der Waals surface area (Å²) in [5.74, 6) is 0. The van der Waals surface area contributed by atoms with Crippen LogP contribution in [-0.4, -0.2) is 21.8 Å². The van der Waals surface area contributed by atoms with Crippen molar-refractivity contribution in [3.8, 4) is 28.2 Å². The topological polar surface area (TPSA) is 14.8 Å². The lowest BCUT2D eigenvalue weighted by atomic mass is 10.0. The summed E-state index contributed by atoms with van der Waals surface area (Å²) < 4.78 is 7.61. The van der Waals surface area contributed by atoms with Gasteiger partial charge in [-0.05, 0) is 68.8 Å². The van der Waals surface area contributed by atoms with Crippen molar-refractivity contribution in [3.05, 3.63) is 273 Å². The van der Waals surface area contributed by atoms with Gasteiger partial charge in [0.15, 0.2) is 8.07 Å². The van der Waals surface area contributed by atoms with Gasteiger partial charge in [-0.2, -0.15) is 0 Å². The molecule has 0 aliphatic heterocycles. The molecule has 0 saturated heterocycles. The van der Waals surface area contributed by atoms with Gasteiger partial charge in [-0.3, -0.25) is 0 Å². The smallest absolute Gasteiger partial charge is 0.179 e. The summed E-state index contributed by atoms with van der Waals surface area (Å²) in [6, 6.07) is 101. The molecule has 0 unspecified atom stereocenters. The molecule has 4 heteroatoms. The molecule has 14 aromatic rings. The summed E-state index contributed by atoms with van der Waals surface area (Å²) in [6.07, 6.45) is 0. The molecular formula is C66H45N3Si. The average Bonchev–Trinajstić information content (AvgIpc) is 4.08. The van der Waals surface area contributed by atoms with E-state index in [4.69, 9.17) is 0 Å². The zero-order chi connectivity index (χ0) is 46.2. The van der Waals surface area contributed by atoms with E-state index in [0.717, 1.165) is 33.6 Å². The molecule has 3 nitrogen and oxygen atoms in total. The van der Waals surface area contributed by atoms with E-state index in [9.17, 15) is 0 Å². The normalized spacial score (nSPS) is 12.0. The molecule has 328 valence electrons. The van der Waals surface area contributed by atoms with Crippen LogP contribution in [-0.2, 0) is 0 Å². The van der Waals surface area contributed by atoms with Gasteiger partial charge in [-0.15, -0.1) is 0 Å². The van der Waals surface area contributed by atoms with Crippen LogP contribution in [0, 0.1) is 0 Å². The molecule has 0 saturated carbocycles. The number of aromatic nitrogens is 3. The molecule has 0 aliphatic carbocycles. The van der Waals surface area contributed by atoms with Crippen LogP contribution < -0.4 is 20.7 Å². The van der Waals surface area contributed by atoms with E-state index in [2.05, 4.69) is 287 Å². The second-order valence-corrected chi connectivity index (χ2v) is 22.2. The predicted octanol–water partition coefficient (Wildman–Crippen LogP) is 14.0. The zero-order valence-corrected chi connectivity index (χ0v) is 39.3. The zero-order valence-electron chi connectivity index (χ0n) is 38.3. The molecule has 0 bridgehead atoms. The van der Waals surface area contributed by atoms with Crippen LogP contribution in [0.1, 0.15) is 0 Å². The minimum atomic E-state index is -2.89. The molecule has 3 heterocycles. The first-order chi connectivity index (χ1) is 34.8. The summed E-state index contributed by atoms with van der Waals surface area (Å²) >= 11 is 0. The van der Waals surface area contributed by atoms with Crippen molar-refractivity contribution in [2.24, 2.45) is 0 Å². The fourth-order valence-electron chi connectivity index (χ4n) is 11.9. The second-order valence-electron chi connectivity index (χ2n) is 18.4. The van der Waals surface area contributed by atoms with E-state index >= 15 is 0 Å². The summed E-state index contributed by atoms with van der Waals surface area (Å²) in [7, 11) is -2.89. The van der Waals surface area contributed by atoms with Crippen LogP contribution in [0.2, 0.25) is 0 Å². The Hall–Kier alpha value is -8.96.